The molecule has 0 unspecified atom stereocenters. The van der Waals surface area contributed by atoms with Gasteiger partial charge in [-0.2, -0.15) is 0 Å². The number of amides is 1. The summed E-state index contributed by atoms with van der Waals surface area (Å²) >= 11 is 0. The number of nitrogen functional groups attached to an aromatic ring is 1. The topological polar surface area (TPSA) is 127 Å². The van der Waals surface area contributed by atoms with Gasteiger partial charge in [0, 0.05) is 18.7 Å². The van der Waals surface area contributed by atoms with Crippen molar-refractivity contribution in [2.75, 3.05) is 17.2 Å². The largest absolute Gasteiger partial charge is 0.453 e. The Kier molecular flexibility index (Phi) is 6.62. The number of rotatable bonds is 8. The van der Waals surface area contributed by atoms with Crippen molar-refractivity contribution in [2.24, 2.45) is 5.92 Å². The van der Waals surface area contributed by atoms with Crippen molar-refractivity contribution < 1.29 is 14.3 Å². The highest BCUT2D eigenvalue weighted by Gasteiger charge is 2.34. The number of fused-ring (bicyclic) bond motifs is 1. The van der Waals surface area contributed by atoms with E-state index in [1.54, 1.807) is 24.3 Å². The number of anilines is 2. The molecule has 0 aliphatic carbocycles. The van der Waals surface area contributed by atoms with Crippen molar-refractivity contribution in [2.45, 2.75) is 52.7 Å². The van der Waals surface area contributed by atoms with Crippen LogP contribution in [0.1, 0.15) is 62.1 Å². The molecule has 2 heterocycles. The summed E-state index contributed by atoms with van der Waals surface area (Å²) in [6.07, 6.45) is 0.657. The maximum Gasteiger partial charge on any atom is 0.339 e. The van der Waals surface area contributed by atoms with Gasteiger partial charge in [-0.3, -0.25) is 19.1 Å². The van der Waals surface area contributed by atoms with Crippen LogP contribution in [-0.4, -0.2) is 28.0 Å². The van der Waals surface area contributed by atoms with Crippen LogP contribution in [-0.2, 0) is 16.1 Å². The fourth-order valence-corrected chi connectivity index (χ4v) is 3.70. The SMILES string of the molecule is CCCCn1c(N)c(N(CC(C)C)C(=O)C[C@H]2OC(=O)c3ccccc32)c(=O)[nH]c1=O. The van der Waals surface area contributed by atoms with Crippen LogP contribution in [0.15, 0.2) is 33.9 Å². The van der Waals surface area contributed by atoms with Gasteiger partial charge in [-0.05, 0) is 18.4 Å². The Morgan fingerprint density at radius 3 is 2.65 bits per heavy atom. The first-order chi connectivity index (χ1) is 14.7. The van der Waals surface area contributed by atoms with E-state index < -0.39 is 29.2 Å². The number of aromatic nitrogens is 2. The van der Waals surface area contributed by atoms with Crippen molar-refractivity contribution in [1.29, 1.82) is 0 Å². The van der Waals surface area contributed by atoms with Crippen molar-refractivity contribution >= 4 is 23.4 Å². The maximum absolute atomic E-state index is 13.3. The molecule has 9 heteroatoms. The molecule has 3 N–H and O–H groups in total. The second-order valence-electron chi connectivity index (χ2n) is 8.08. The summed E-state index contributed by atoms with van der Waals surface area (Å²) in [5, 5.41) is 0. The van der Waals surface area contributed by atoms with Crippen LogP contribution in [0.5, 0.6) is 0 Å². The van der Waals surface area contributed by atoms with E-state index in [1.807, 2.05) is 20.8 Å². The molecule has 3 rings (SSSR count). The summed E-state index contributed by atoms with van der Waals surface area (Å²) in [4.78, 5) is 53.9. The minimum Gasteiger partial charge on any atom is -0.453 e. The molecule has 0 bridgehead atoms. The van der Waals surface area contributed by atoms with Gasteiger partial charge in [-0.15, -0.1) is 0 Å². The smallest absolute Gasteiger partial charge is 0.339 e. The van der Waals surface area contributed by atoms with Gasteiger partial charge >= 0.3 is 11.7 Å². The van der Waals surface area contributed by atoms with Crippen LogP contribution >= 0.6 is 0 Å². The highest BCUT2D eigenvalue weighted by atomic mass is 16.5. The van der Waals surface area contributed by atoms with Gasteiger partial charge < -0.3 is 15.4 Å². The van der Waals surface area contributed by atoms with Crippen molar-refractivity contribution in [3.63, 3.8) is 0 Å². The molecule has 1 aromatic carbocycles. The number of hydrogen-bond acceptors (Lipinski definition) is 6. The zero-order valence-electron chi connectivity index (χ0n) is 18.0. The van der Waals surface area contributed by atoms with E-state index in [1.165, 1.54) is 9.47 Å². The molecule has 0 saturated carbocycles. The predicted octanol–water partition coefficient (Wildman–Crippen LogP) is 2.21. The van der Waals surface area contributed by atoms with Gasteiger partial charge in [0.25, 0.3) is 5.56 Å². The first-order valence-electron chi connectivity index (χ1n) is 10.5. The zero-order valence-corrected chi connectivity index (χ0v) is 18.0. The molecule has 1 aromatic heterocycles. The normalized spacial score (nSPS) is 15.1. The predicted molar refractivity (Wildman–Crippen MR) is 117 cm³/mol. The van der Waals surface area contributed by atoms with Crippen molar-refractivity contribution in [3.8, 4) is 0 Å². The van der Waals surface area contributed by atoms with Crippen molar-refractivity contribution in [3.05, 3.63) is 56.2 Å². The third-order valence-electron chi connectivity index (χ3n) is 5.20. The highest BCUT2D eigenvalue weighted by Crippen LogP contribution is 2.34. The van der Waals surface area contributed by atoms with E-state index in [2.05, 4.69) is 4.98 Å². The van der Waals surface area contributed by atoms with Gasteiger partial charge in [-0.1, -0.05) is 45.4 Å². The lowest BCUT2D eigenvalue weighted by Crippen LogP contribution is -2.43. The van der Waals surface area contributed by atoms with Crippen LogP contribution < -0.4 is 21.9 Å². The molecule has 1 atom stereocenters. The van der Waals surface area contributed by atoms with E-state index in [4.69, 9.17) is 10.5 Å². The third kappa shape index (κ3) is 4.55. The monoisotopic (exact) mass is 428 g/mol. The number of cyclic esters (lactones) is 1. The minimum atomic E-state index is -0.739. The fraction of sp³-hybridized carbons (Fsp3) is 0.455. The standard InChI is InChI=1S/C22H28N4O5/c1-4-5-10-25-19(23)18(20(28)24-22(25)30)26(12-13(2)3)17(27)11-16-14-8-6-7-9-15(14)21(29)31-16/h6-9,13,16H,4-5,10-12,23H2,1-3H3,(H,24,28,30)/t16-/m1/s1. The second-order valence-corrected chi connectivity index (χ2v) is 8.08. The summed E-state index contributed by atoms with van der Waals surface area (Å²) in [5.41, 5.74) is 5.92. The van der Waals surface area contributed by atoms with Gasteiger partial charge in [0.2, 0.25) is 5.91 Å². The molecule has 0 radical (unpaired) electrons. The molecule has 1 aliphatic heterocycles. The average molecular weight is 428 g/mol. The number of aromatic amines is 1. The van der Waals surface area contributed by atoms with Gasteiger partial charge in [0.1, 0.15) is 11.9 Å². The summed E-state index contributed by atoms with van der Waals surface area (Å²) in [5.74, 6) is -0.910. The first-order valence-corrected chi connectivity index (χ1v) is 10.5. The summed E-state index contributed by atoms with van der Waals surface area (Å²) in [6.45, 7) is 6.34. The molecule has 2 aromatic rings. The minimum absolute atomic E-state index is 0.0252. The number of nitrogens with one attached hydrogen (secondary N) is 1. The quantitative estimate of drug-likeness (QED) is 0.621. The molecule has 1 amide bonds. The van der Waals surface area contributed by atoms with E-state index in [0.29, 0.717) is 24.1 Å². The molecule has 166 valence electrons. The first kappa shape index (κ1) is 22.3. The number of unbranched alkanes of at least 4 members (excludes halogenated alkanes) is 1. The highest BCUT2D eigenvalue weighted by molar-refractivity contribution is 5.98. The molecule has 9 nitrogen and oxygen atoms in total. The Morgan fingerprint density at radius 2 is 1.97 bits per heavy atom. The Balaban J connectivity index is 1.98. The number of ether oxygens (including phenoxy) is 1. The van der Waals surface area contributed by atoms with E-state index in [-0.39, 0.29) is 30.4 Å². The summed E-state index contributed by atoms with van der Waals surface area (Å²) < 4.78 is 6.67. The number of nitrogens with two attached hydrogens (primary N) is 1. The molecule has 0 saturated heterocycles. The number of carbonyl (C=O) groups is 2. The fourth-order valence-electron chi connectivity index (χ4n) is 3.70. The lowest BCUT2D eigenvalue weighted by Gasteiger charge is -2.27. The Morgan fingerprint density at radius 1 is 1.26 bits per heavy atom. The maximum atomic E-state index is 13.3. The summed E-state index contributed by atoms with van der Waals surface area (Å²) in [7, 11) is 0. The van der Waals surface area contributed by atoms with Crippen LogP contribution in [0.25, 0.3) is 0 Å². The molecular weight excluding hydrogens is 400 g/mol. The number of hydrogen-bond donors (Lipinski definition) is 2. The number of nitrogens with zero attached hydrogens (tertiary/aromatic N) is 2. The van der Waals surface area contributed by atoms with Gasteiger partial charge in [0.15, 0.2) is 5.69 Å². The van der Waals surface area contributed by atoms with E-state index >= 15 is 0 Å². The number of esters is 1. The van der Waals surface area contributed by atoms with E-state index in [0.717, 1.165) is 6.42 Å². The second kappa shape index (κ2) is 9.20. The number of carbonyl (C=O) groups excluding carboxylic acids is 2. The molecule has 31 heavy (non-hydrogen) atoms. The van der Waals surface area contributed by atoms with Crippen LogP contribution in [0.4, 0.5) is 11.5 Å². The number of H-pyrrole nitrogens is 1. The lowest BCUT2D eigenvalue weighted by atomic mass is 10.0. The molecule has 1 aliphatic rings. The molecular formula is C22H28N4O5. The summed E-state index contributed by atoms with van der Waals surface area (Å²) in [6, 6.07) is 6.91. The van der Waals surface area contributed by atoms with Crippen LogP contribution in [0.3, 0.4) is 0 Å². The van der Waals surface area contributed by atoms with Crippen LogP contribution in [0, 0.1) is 5.92 Å². The Labute approximate surface area is 179 Å². The van der Waals surface area contributed by atoms with Gasteiger partial charge in [-0.25, -0.2) is 9.59 Å². The average Bonchev–Trinajstić information content (AvgIpc) is 3.02. The molecule has 0 spiro atoms. The Bertz CT molecular complexity index is 1100. The zero-order chi connectivity index (χ0) is 22.7. The van der Waals surface area contributed by atoms with Gasteiger partial charge in [0.05, 0.1) is 12.0 Å². The van der Waals surface area contributed by atoms with Crippen LogP contribution in [0.2, 0.25) is 0 Å². The Hall–Kier alpha value is -3.36. The lowest BCUT2D eigenvalue weighted by molar-refractivity contribution is -0.120. The molecule has 0 fully saturated rings. The van der Waals surface area contributed by atoms with E-state index in [9.17, 15) is 19.2 Å². The third-order valence-corrected chi connectivity index (χ3v) is 5.20. The van der Waals surface area contributed by atoms with Crippen molar-refractivity contribution in [1.82, 2.24) is 9.55 Å². The number of benzene rings is 1.